The molecule has 1 aromatic heterocycles. The van der Waals surface area contributed by atoms with Crippen LogP contribution in [0.3, 0.4) is 0 Å². The van der Waals surface area contributed by atoms with Gasteiger partial charge in [0.1, 0.15) is 5.75 Å². The van der Waals surface area contributed by atoms with Crippen LogP contribution < -0.4 is 15.0 Å². The Morgan fingerprint density at radius 1 is 0.966 bits per heavy atom. The van der Waals surface area contributed by atoms with Crippen LogP contribution in [0.5, 0.6) is 17.2 Å². The van der Waals surface area contributed by atoms with Gasteiger partial charge in [-0.3, -0.25) is 9.36 Å². The van der Waals surface area contributed by atoms with E-state index in [0.717, 1.165) is 25.7 Å². The van der Waals surface area contributed by atoms with Crippen molar-refractivity contribution in [3.8, 4) is 17.2 Å². The molecule has 0 radical (unpaired) electrons. The van der Waals surface area contributed by atoms with Gasteiger partial charge in [-0.1, -0.05) is 58.4 Å². The smallest absolute Gasteiger partial charge is 0.301 e. The predicted molar refractivity (Wildman–Crippen MR) is 120 cm³/mol. The van der Waals surface area contributed by atoms with Gasteiger partial charge < -0.3 is 14.6 Å². The summed E-state index contributed by atoms with van der Waals surface area (Å²) in [6, 6.07) is 5.40. The van der Waals surface area contributed by atoms with Gasteiger partial charge >= 0.3 is 5.56 Å². The lowest BCUT2D eigenvalue weighted by molar-refractivity contribution is 0.285. The summed E-state index contributed by atoms with van der Waals surface area (Å²) in [6.45, 7) is 7.21. The normalized spacial score (nSPS) is 11.4. The van der Waals surface area contributed by atoms with E-state index < -0.39 is 0 Å². The summed E-state index contributed by atoms with van der Waals surface area (Å²) in [4.78, 5) is 13.0. The molecule has 29 heavy (non-hydrogen) atoms. The predicted octanol–water partition coefficient (Wildman–Crippen LogP) is 6.12. The third-order valence-corrected chi connectivity index (χ3v) is 4.92. The van der Waals surface area contributed by atoms with Crippen molar-refractivity contribution >= 4 is 17.1 Å². The number of benzene rings is 1. The van der Waals surface area contributed by atoms with E-state index in [1.165, 1.54) is 30.3 Å². The highest BCUT2D eigenvalue weighted by Crippen LogP contribution is 2.33. The number of unbranched alkanes of at least 4 members (excludes halogenated alkanes) is 6. The summed E-state index contributed by atoms with van der Waals surface area (Å²) in [6.07, 6.45) is 12.3. The van der Waals surface area contributed by atoms with E-state index in [4.69, 9.17) is 9.47 Å². The van der Waals surface area contributed by atoms with Gasteiger partial charge in [0.05, 0.1) is 18.7 Å². The SMILES string of the molecule is C/C=C\n1c(=O)c(OCCCCCCCC)c(O)c2ccc(OCCCC)cc21. The van der Waals surface area contributed by atoms with Crippen molar-refractivity contribution in [2.24, 2.45) is 0 Å². The molecule has 0 fully saturated rings. The molecule has 2 rings (SSSR count). The van der Waals surface area contributed by atoms with E-state index in [9.17, 15) is 9.90 Å². The van der Waals surface area contributed by atoms with Gasteiger partial charge in [-0.05, 0) is 31.9 Å². The Kier molecular flexibility index (Phi) is 9.62. The molecule has 5 heteroatoms. The molecule has 5 nitrogen and oxygen atoms in total. The molecule has 1 N–H and O–H groups in total. The number of hydrogen-bond acceptors (Lipinski definition) is 4. The molecule has 1 heterocycles. The zero-order valence-electron chi connectivity index (χ0n) is 18.1. The van der Waals surface area contributed by atoms with Crippen molar-refractivity contribution in [3.05, 3.63) is 34.6 Å². The van der Waals surface area contributed by atoms with Gasteiger partial charge in [0.2, 0.25) is 5.75 Å². The molecule has 2 aromatic rings. The van der Waals surface area contributed by atoms with E-state index in [-0.39, 0.29) is 17.1 Å². The summed E-state index contributed by atoms with van der Waals surface area (Å²) in [7, 11) is 0. The highest BCUT2D eigenvalue weighted by molar-refractivity contribution is 5.89. The standard InChI is InChI=1S/C24H35NO4/c1-4-7-9-10-11-12-17-29-23-22(26)20-14-13-19(28-16-8-5-2)18-21(20)25(15-6-3)24(23)27/h6,13-15,18,26H,4-5,7-12,16-17H2,1-3H3/b15-6-. The van der Waals surface area contributed by atoms with E-state index in [2.05, 4.69) is 13.8 Å². The molecule has 0 amide bonds. The Balaban J connectivity index is 2.23. The molecule has 160 valence electrons. The Morgan fingerprint density at radius 3 is 2.38 bits per heavy atom. The maximum Gasteiger partial charge on any atom is 0.301 e. The molecule has 0 unspecified atom stereocenters. The third-order valence-electron chi connectivity index (χ3n) is 4.92. The van der Waals surface area contributed by atoms with E-state index >= 15 is 0 Å². The highest BCUT2D eigenvalue weighted by atomic mass is 16.5. The first kappa shape index (κ1) is 22.9. The number of nitrogens with zero attached hydrogens (tertiary/aromatic N) is 1. The molecule has 0 spiro atoms. The highest BCUT2D eigenvalue weighted by Gasteiger charge is 2.17. The average molecular weight is 402 g/mol. The van der Waals surface area contributed by atoms with Crippen LogP contribution in [-0.4, -0.2) is 22.9 Å². The lowest BCUT2D eigenvalue weighted by atomic mass is 10.1. The molecular weight excluding hydrogens is 366 g/mol. The fourth-order valence-corrected chi connectivity index (χ4v) is 3.26. The molecule has 0 aliphatic rings. The minimum absolute atomic E-state index is 0.0174. The Bertz CT molecular complexity index is 854. The van der Waals surface area contributed by atoms with Crippen molar-refractivity contribution in [1.82, 2.24) is 4.57 Å². The van der Waals surface area contributed by atoms with Crippen LogP contribution in [0.1, 0.15) is 72.1 Å². The number of ether oxygens (including phenoxy) is 2. The lowest BCUT2D eigenvalue weighted by Gasteiger charge is -2.14. The average Bonchev–Trinajstić information content (AvgIpc) is 2.72. The van der Waals surface area contributed by atoms with Gasteiger partial charge in [0.25, 0.3) is 0 Å². The van der Waals surface area contributed by atoms with Crippen LogP contribution in [0.25, 0.3) is 17.1 Å². The second-order valence-corrected chi connectivity index (χ2v) is 7.33. The quantitative estimate of drug-likeness (QED) is 0.411. The van der Waals surface area contributed by atoms with Crippen LogP contribution in [0.15, 0.2) is 29.1 Å². The van der Waals surface area contributed by atoms with E-state index in [1.54, 1.807) is 24.4 Å². The molecular formula is C24H35NO4. The van der Waals surface area contributed by atoms with Gasteiger partial charge in [-0.25, -0.2) is 0 Å². The molecule has 0 aliphatic heterocycles. The van der Waals surface area contributed by atoms with E-state index in [1.807, 2.05) is 13.0 Å². The number of rotatable bonds is 13. The number of aromatic nitrogens is 1. The second-order valence-electron chi connectivity index (χ2n) is 7.33. The minimum Gasteiger partial charge on any atom is -0.504 e. The fourth-order valence-electron chi connectivity index (χ4n) is 3.26. The first-order valence-corrected chi connectivity index (χ1v) is 10.9. The molecule has 0 saturated carbocycles. The van der Waals surface area contributed by atoms with Crippen molar-refractivity contribution in [1.29, 1.82) is 0 Å². The van der Waals surface area contributed by atoms with Crippen molar-refractivity contribution in [2.45, 2.75) is 72.1 Å². The summed E-state index contributed by atoms with van der Waals surface area (Å²) in [5.74, 6) is 0.601. The Morgan fingerprint density at radius 2 is 1.66 bits per heavy atom. The maximum atomic E-state index is 13.0. The monoisotopic (exact) mass is 401 g/mol. The van der Waals surface area contributed by atoms with Crippen LogP contribution >= 0.6 is 0 Å². The number of aromatic hydroxyl groups is 1. The van der Waals surface area contributed by atoms with Crippen LogP contribution in [0.4, 0.5) is 0 Å². The number of pyridine rings is 1. The van der Waals surface area contributed by atoms with Crippen molar-refractivity contribution in [2.75, 3.05) is 13.2 Å². The zero-order valence-corrected chi connectivity index (χ0v) is 18.1. The second kappa shape index (κ2) is 12.2. The minimum atomic E-state index is -0.357. The fraction of sp³-hybridized carbons (Fsp3) is 0.542. The topological polar surface area (TPSA) is 60.7 Å². The number of fused-ring (bicyclic) bond motifs is 1. The maximum absolute atomic E-state index is 13.0. The summed E-state index contributed by atoms with van der Waals surface area (Å²) in [5.41, 5.74) is 0.247. The summed E-state index contributed by atoms with van der Waals surface area (Å²) in [5, 5.41) is 11.3. The zero-order chi connectivity index (χ0) is 21.1. The van der Waals surface area contributed by atoms with Crippen molar-refractivity contribution < 1.29 is 14.6 Å². The first-order valence-electron chi connectivity index (χ1n) is 10.9. The van der Waals surface area contributed by atoms with Crippen LogP contribution in [0.2, 0.25) is 0 Å². The van der Waals surface area contributed by atoms with Gasteiger partial charge in [0, 0.05) is 17.7 Å². The molecule has 0 bridgehead atoms. The third kappa shape index (κ3) is 6.28. The Hall–Kier alpha value is -2.43. The van der Waals surface area contributed by atoms with Gasteiger partial charge in [0.15, 0.2) is 5.75 Å². The molecule has 0 aliphatic carbocycles. The summed E-state index contributed by atoms with van der Waals surface area (Å²) < 4.78 is 13.0. The van der Waals surface area contributed by atoms with Gasteiger partial charge in [-0.2, -0.15) is 0 Å². The lowest BCUT2D eigenvalue weighted by Crippen LogP contribution is -2.19. The largest absolute Gasteiger partial charge is 0.504 e. The summed E-state index contributed by atoms with van der Waals surface area (Å²) >= 11 is 0. The van der Waals surface area contributed by atoms with Gasteiger partial charge in [-0.15, -0.1) is 0 Å². The van der Waals surface area contributed by atoms with Crippen molar-refractivity contribution in [3.63, 3.8) is 0 Å². The van der Waals surface area contributed by atoms with Crippen LogP contribution in [0, 0.1) is 0 Å². The Labute approximate surface area is 174 Å². The van der Waals surface area contributed by atoms with E-state index in [0.29, 0.717) is 29.9 Å². The number of hydrogen-bond donors (Lipinski definition) is 1. The molecule has 1 aromatic carbocycles. The number of allylic oxidation sites excluding steroid dienone is 1. The first-order chi connectivity index (χ1) is 14.1. The molecule has 0 atom stereocenters. The molecule has 0 saturated heterocycles. The van der Waals surface area contributed by atoms with Crippen LogP contribution in [-0.2, 0) is 0 Å².